The molecular formula is C27H41N. The van der Waals surface area contributed by atoms with Gasteiger partial charge in [-0.3, -0.25) is 4.98 Å². The van der Waals surface area contributed by atoms with Crippen LogP contribution < -0.4 is 0 Å². The molecule has 0 unspecified atom stereocenters. The zero-order valence-corrected chi connectivity index (χ0v) is 19.9. The van der Waals surface area contributed by atoms with Gasteiger partial charge in [-0.2, -0.15) is 0 Å². The molecule has 2 aromatic rings. The summed E-state index contributed by atoms with van der Waals surface area (Å²) < 4.78 is 0. The van der Waals surface area contributed by atoms with Crippen LogP contribution in [-0.2, 0) is 21.7 Å². The van der Waals surface area contributed by atoms with E-state index in [1.54, 1.807) is 0 Å². The Morgan fingerprint density at radius 2 is 1.00 bits per heavy atom. The van der Waals surface area contributed by atoms with E-state index >= 15 is 0 Å². The van der Waals surface area contributed by atoms with Gasteiger partial charge in [0.1, 0.15) is 0 Å². The van der Waals surface area contributed by atoms with Crippen molar-refractivity contribution in [2.45, 2.75) is 104 Å². The molecule has 0 saturated carbocycles. The average molecular weight is 380 g/mol. The van der Waals surface area contributed by atoms with Crippen LogP contribution in [-0.4, -0.2) is 4.98 Å². The maximum absolute atomic E-state index is 4.42. The van der Waals surface area contributed by atoms with E-state index in [2.05, 4.69) is 111 Å². The Labute approximate surface area is 174 Å². The smallest absolute Gasteiger partial charge is 0.0308 e. The monoisotopic (exact) mass is 379 g/mol. The molecule has 0 atom stereocenters. The summed E-state index contributed by atoms with van der Waals surface area (Å²) in [5.41, 5.74) is 6.28. The van der Waals surface area contributed by atoms with E-state index in [4.69, 9.17) is 0 Å². The van der Waals surface area contributed by atoms with Crippen LogP contribution in [0, 0.1) is 0 Å². The van der Waals surface area contributed by atoms with E-state index in [9.17, 15) is 0 Å². The second-order valence-electron chi connectivity index (χ2n) is 11.7. The fraction of sp³-hybridized carbons (Fsp3) is 0.593. The Balaban J connectivity index is 2.34. The molecule has 0 bridgehead atoms. The van der Waals surface area contributed by atoms with Gasteiger partial charge >= 0.3 is 0 Å². The number of rotatable bonds is 5. The van der Waals surface area contributed by atoms with Gasteiger partial charge in [0, 0.05) is 12.4 Å². The summed E-state index contributed by atoms with van der Waals surface area (Å²) in [6, 6.07) is 11.2. The zero-order chi connectivity index (χ0) is 21.4. The Morgan fingerprint density at radius 3 is 1.46 bits per heavy atom. The molecule has 0 aliphatic rings. The highest BCUT2D eigenvalue weighted by Crippen LogP contribution is 2.41. The molecule has 0 amide bonds. The first-order valence-electron chi connectivity index (χ1n) is 10.7. The van der Waals surface area contributed by atoms with Crippen molar-refractivity contribution in [1.29, 1.82) is 0 Å². The summed E-state index contributed by atoms with van der Waals surface area (Å²) in [5, 5.41) is 0. The van der Waals surface area contributed by atoms with E-state index in [1.165, 1.54) is 22.3 Å². The Morgan fingerprint density at radius 1 is 0.571 bits per heavy atom. The van der Waals surface area contributed by atoms with Crippen LogP contribution in [0.3, 0.4) is 0 Å². The predicted molar refractivity (Wildman–Crippen MR) is 123 cm³/mol. The zero-order valence-electron chi connectivity index (χ0n) is 19.9. The van der Waals surface area contributed by atoms with E-state index < -0.39 is 0 Å². The van der Waals surface area contributed by atoms with Crippen LogP contribution in [0.4, 0.5) is 0 Å². The molecule has 0 aliphatic carbocycles. The molecule has 1 heterocycles. The maximum atomic E-state index is 4.42. The molecule has 0 saturated heterocycles. The second kappa shape index (κ2) is 7.65. The van der Waals surface area contributed by atoms with Crippen molar-refractivity contribution in [3.05, 3.63) is 65.0 Å². The molecular weight excluding hydrogens is 338 g/mol. The van der Waals surface area contributed by atoms with Crippen molar-refractivity contribution >= 4 is 0 Å². The SMILES string of the molecule is CC(C)(C)c1ccccc1C(C)(C)CCC(C)(C)c1ccncc1C(C)(C)C. The van der Waals surface area contributed by atoms with Crippen molar-refractivity contribution in [3.8, 4) is 0 Å². The molecule has 0 spiro atoms. The van der Waals surface area contributed by atoms with Gasteiger partial charge in [0.05, 0.1) is 0 Å². The van der Waals surface area contributed by atoms with Gasteiger partial charge in [0.25, 0.3) is 0 Å². The number of pyridine rings is 1. The summed E-state index contributed by atoms with van der Waals surface area (Å²) in [6.07, 6.45) is 6.31. The van der Waals surface area contributed by atoms with Gasteiger partial charge in [-0.1, -0.05) is 93.5 Å². The van der Waals surface area contributed by atoms with Gasteiger partial charge in [0.2, 0.25) is 0 Å². The van der Waals surface area contributed by atoms with Gasteiger partial charge in [0.15, 0.2) is 0 Å². The molecule has 1 nitrogen and oxygen atoms in total. The third kappa shape index (κ3) is 5.04. The highest BCUT2D eigenvalue weighted by Gasteiger charge is 2.33. The number of nitrogens with zero attached hydrogens (tertiary/aromatic N) is 1. The van der Waals surface area contributed by atoms with Crippen molar-refractivity contribution in [2.75, 3.05) is 0 Å². The summed E-state index contributed by atoms with van der Waals surface area (Å²) >= 11 is 0. The Kier molecular flexibility index (Phi) is 6.19. The Hall–Kier alpha value is -1.63. The van der Waals surface area contributed by atoms with Gasteiger partial charge in [-0.05, 0) is 62.8 Å². The fourth-order valence-electron chi connectivity index (χ4n) is 4.20. The lowest BCUT2D eigenvalue weighted by atomic mass is 9.67. The first kappa shape index (κ1) is 22.7. The van der Waals surface area contributed by atoms with Crippen LogP contribution in [0.15, 0.2) is 42.7 Å². The molecule has 1 aromatic carbocycles. The van der Waals surface area contributed by atoms with E-state index in [0.29, 0.717) is 0 Å². The molecule has 0 fully saturated rings. The first-order valence-corrected chi connectivity index (χ1v) is 10.7. The molecule has 0 N–H and O–H groups in total. The summed E-state index contributed by atoms with van der Waals surface area (Å²) in [6.45, 7) is 23.4. The quantitative estimate of drug-likeness (QED) is 0.518. The van der Waals surface area contributed by atoms with Gasteiger partial charge in [-0.25, -0.2) is 0 Å². The largest absolute Gasteiger partial charge is 0.264 e. The van der Waals surface area contributed by atoms with Crippen LogP contribution >= 0.6 is 0 Å². The van der Waals surface area contributed by atoms with Crippen LogP contribution in [0.25, 0.3) is 0 Å². The minimum Gasteiger partial charge on any atom is -0.264 e. The highest BCUT2D eigenvalue weighted by atomic mass is 14.6. The standard InChI is InChI=1S/C27H41N/c1-24(2,3)20-13-11-12-14-21(20)26(7,8)16-17-27(9,10)22-15-18-28-19-23(22)25(4,5)6/h11-15,18-19H,16-17H2,1-10H3. The molecule has 154 valence electrons. The normalized spacial score (nSPS) is 13.6. The topological polar surface area (TPSA) is 12.9 Å². The lowest BCUT2D eigenvalue weighted by molar-refractivity contribution is 0.364. The van der Waals surface area contributed by atoms with Gasteiger partial charge in [-0.15, -0.1) is 0 Å². The van der Waals surface area contributed by atoms with E-state index in [1.807, 2.05) is 6.20 Å². The minimum atomic E-state index is 0.106. The van der Waals surface area contributed by atoms with Crippen molar-refractivity contribution in [2.24, 2.45) is 0 Å². The molecule has 1 aromatic heterocycles. The third-order valence-corrected chi connectivity index (χ3v) is 6.20. The lowest BCUT2D eigenvalue weighted by Gasteiger charge is -2.37. The predicted octanol–water partition coefficient (Wildman–Crippen LogP) is 7.71. The number of benzene rings is 1. The van der Waals surface area contributed by atoms with Crippen molar-refractivity contribution < 1.29 is 0 Å². The maximum Gasteiger partial charge on any atom is 0.0308 e. The molecule has 0 aliphatic heterocycles. The van der Waals surface area contributed by atoms with Crippen molar-refractivity contribution in [1.82, 2.24) is 4.98 Å². The van der Waals surface area contributed by atoms with Crippen LogP contribution in [0.2, 0.25) is 0 Å². The third-order valence-electron chi connectivity index (χ3n) is 6.20. The summed E-state index contributed by atoms with van der Waals surface area (Å²) in [7, 11) is 0. The highest BCUT2D eigenvalue weighted by molar-refractivity contribution is 5.39. The Bertz CT molecular complexity index is 728. The average Bonchev–Trinajstić information content (AvgIpc) is 2.59. The molecule has 1 heteroatoms. The summed E-state index contributed by atoms with van der Waals surface area (Å²) in [4.78, 5) is 4.42. The molecule has 0 radical (unpaired) electrons. The van der Waals surface area contributed by atoms with Crippen molar-refractivity contribution in [3.63, 3.8) is 0 Å². The molecule has 2 rings (SSSR count). The van der Waals surface area contributed by atoms with Crippen LogP contribution in [0.5, 0.6) is 0 Å². The van der Waals surface area contributed by atoms with Gasteiger partial charge < -0.3 is 0 Å². The number of aromatic nitrogens is 1. The fourth-order valence-corrected chi connectivity index (χ4v) is 4.20. The van der Waals surface area contributed by atoms with Crippen LogP contribution in [0.1, 0.15) is 104 Å². The lowest BCUT2D eigenvalue weighted by Crippen LogP contribution is -2.29. The summed E-state index contributed by atoms with van der Waals surface area (Å²) in [5.74, 6) is 0. The minimum absolute atomic E-state index is 0.106. The molecule has 28 heavy (non-hydrogen) atoms. The van der Waals surface area contributed by atoms with E-state index in [-0.39, 0.29) is 21.7 Å². The first-order chi connectivity index (χ1) is 12.7. The van der Waals surface area contributed by atoms with E-state index in [0.717, 1.165) is 12.8 Å². The number of hydrogen-bond acceptors (Lipinski definition) is 1. The second-order valence-corrected chi connectivity index (χ2v) is 11.7. The number of hydrogen-bond donors (Lipinski definition) is 0.